The number of aryl methyl sites for hydroxylation is 2. The van der Waals surface area contributed by atoms with Gasteiger partial charge in [0.1, 0.15) is 5.76 Å². The fourth-order valence-corrected chi connectivity index (χ4v) is 1.73. The average molecular weight is 262 g/mol. The van der Waals surface area contributed by atoms with Crippen LogP contribution in [-0.2, 0) is 6.54 Å². The molecule has 6 heteroatoms. The van der Waals surface area contributed by atoms with Gasteiger partial charge >= 0.3 is 0 Å². The zero-order chi connectivity index (χ0) is 14.0. The Morgan fingerprint density at radius 3 is 2.74 bits per heavy atom. The number of oxazole rings is 1. The second-order valence-corrected chi connectivity index (χ2v) is 4.68. The van der Waals surface area contributed by atoms with Gasteiger partial charge in [0.15, 0.2) is 5.82 Å². The van der Waals surface area contributed by atoms with Gasteiger partial charge in [0.2, 0.25) is 5.89 Å². The van der Waals surface area contributed by atoms with E-state index in [4.69, 9.17) is 4.42 Å². The van der Waals surface area contributed by atoms with Crippen LogP contribution >= 0.6 is 0 Å². The zero-order valence-electron chi connectivity index (χ0n) is 11.6. The lowest BCUT2D eigenvalue weighted by Crippen LogP contribution is -2.25. The van der Waals surface area contributed by atoms with Gasteiger partial charge in [0.25, 0.3) is 5.56 Å². The van der Waals surface area contributed by atoms with E-state index in [9.17, 15) is 4.79 Å². The van der Waals surface area contributed by atoms with Crippen molar-refractivity contribution in [2.45, 2.75) is 40.3 Å². The van der Waals surface area contributed by atoms with Gasteiger partial charge < -0.3 is 14.3 Å². The molecule has 0 radical (unpaired) electrons. The van der Waals surface area contributed by atoms with E-state index in [2.05, 4.69) is 15.3 Å². The van der Waals surface area contributed by atoms with Crippen molar-refractivity contribution < 1.29 is 4.42 Å². The molecule has 0 amide bonds. The molecule has 1 N–H and O–H groups in total. The van der Waals surface area contributed by atoms with Crippen LogP contribution < -0.4 is 10.9 Å². The molecule has 2 heterocycles. The second-order valence-electron chi connectivity index (χ2n) is 4.68. The molecule has 0 saturated heterocycles. The lowest BCUT2D eigenvalue weighted by Gasteiger charge is -2.10. The molecule has 0 saturated carbocycles. The van der Waals surface area contributed by atoms with E-state index in [1.165, 1.54) is 0 Å². The Labute approximate surface area is 111 Å². The molecule has 0 spiro atoms. The molecule has 0 bridgehead atoms. The first kappa shape index (κ1) is 13.3. The molecular weight excluding hydrogens is 244 g/mol. The monoisotopic (exact) mass is 262 g/mol. The first-order valence-corrected chi connectivity index (χ1v) is 6.23. The van der Waals surface area contributed by atoms with Crippen molar-refractivity contribution in [2.75, 3.05) is 5.32 Å². The van der Waals surface area contributed by atoms with Gasteiger partial charge in [-0.3, -0.25) is 4.79 Å². The summed E-state index contributed by atoms with van der Waals surface area (Å²) in [4.78, 5) is 20.4. The van der Waals surface area contributed by atoms with Gasteiger partial charge in [-0.05, 0) is 27.7 Å². The van der Waals surface area contributed by atoms with E-state index < -0.39 is 0 Å². The Kier molecular flexibility index (Phi) is 3.69. The van der Waals surface area contributed by atoms with Crippen LogP contribution in [0.1, 0.15) is 37.2 Å². The quantitative estimate of drug-likeness (QED) is 0.912. The SMILES string of the molecule is Cc1nc(CNc2nccn(C(C)C)c2=O)oc1C. The topological polar surface area (TPSA) is 73.0 Å². The predicted molar refractivity (Wildman–Crippen MR) is 72.2 cm³/mol. The van der Waals surface area contributed by atoms with Crippen molar-refractivity contribution in [3.05, 3.63) is 40.1 Å². The highest BCUT2D eigenvalue weighted by Crippen LogP contribution is 2.09. The summed E-state index contributed by atoms with van der Waals surface area (Å²) in [5.41, 5.74) is 0.718. The van der Waals surface area contributed by atoms with Crippen LogP contribution in [0.2, 0.25) is 0 Å². The molecule has 2 aromatic rings. The maximum Gasteiger partial charge on any atom is 0.293 e. The number of hydrogen-bond acceptors (Lipinski definition) is 5. The van der Waals surface area contributed by atoms with Gasteiger partial charge in [-0.25, -0.2) is 9.97 Å². The second kappa shape index (κ2) is 5.26. The number of aromatic nitrogens is 3. The van der Waals surface area contributed by atoms with Gasteiger partial charge in [0.05, 0.1) is 12.2 Å². The summed E-state index contributed by atoms with van der Waals surface area (Å²) >= 11 is 0. The third-order valence-corrected chi connectivity index (χ3v) is 2.90. The predicted octanol–water partition coefficient (Wildman–Crippen LogP) is 2.04. The molecule has 0 aliphatic carbocycles. The van der Waals surface area contributed by atoms with E-state index in [1.807, 2.05) is 27.7 Å². The standard InChI is InChI=1S/C13H18N4O2/c1-8(2)17-6-5-14-12(13(17)18)15-7-11-16-9(3)10(4)19-11/h5-6,8H,7H2,1-4H3,(H,14,15). The minimum absolute atomic E-state index is 0.0993. The largest absolute Gasteiger partial charge is 0.444 e. The number of hydrogen-bond donors (Lipinski definition) is 1. The highest BCUT2D eigenvalue weighted by Gasteiger charge is 2.09. The summed E-state index contributed by atoms with van der Waals surface area (Å²) in [6, 6.07) is 0.0993. The van der Waals surface area contributed by atoms with Crippen molar-refractivity contribution in [2.24, 2.45) is 0 Å². The van der Waals surface area contributed by atoms with Crippen molar-refractivity contribution in [1.82, 2.24) is 14.5 Å². The zero-order valence-corrected chi connectivity index (χ0v) is 11.6. The number of anilines is 1. The van der Waals surface area contributed by atoms with Gasteiger partial charge in [-0.1, -0.05) is 0 Å². The maximum atomic E-state index is 12.1. The number of nitrogens with one attached hydrogen (secondary N) is 1. The van der Waals surface area contributed by atoms with E-state index in [0.29, 0.717) is 18.3 Å². The minimum atomic E-state index is -0.141. The van der Waals surface area contributed by atoms with Crippen LogP contribution in [0.4, 0.5) is 5.82 Å². The molecule has 0 fully saturated rings. The lowest BCUT2D eigenvalue weighted by molar-refractivity contribution is 0.477. The molecule has 19 heavy (non-hydrogen) atoms. The van der Waals surface area contributed by atoms with Crippen LogP contribution in [0, 0.1) is 13.8 Å². The first-order valence-electron chi connectivity index (χ1n) is 6.23. The summed E-state index contributed by atoms with van der Waals surface area (Å²) in [5, 5.41) is 2.96. The van der Waals surface area contributed by atoms with E-state index in [1.54, 1.807) is 17.0 Å². The van der Waals surface area contributed by atoms with Gasteiger partial charge in [0, 0.05) is 18.4 Å². The Morgan fingerprint density at radius 1 is 1.42 bits per heavy atom. The summed E-state index contributed by atoms with van der Waals surface area (Å²) in [7, 11) is 0. The number of rotatable bonds is 4. The molecule has 0 aliphatic heterocycles. The summed E-state index contributed by atoms with van der Waals surface area (Å²) < 4.78 is 7.07. The fraction of sp³-hybridized carbons (Fsp3) is 0.462. The lowest BCUT2D eigenvalue weighted by atomic mass is 10.4. The Morgan fingerprint density at radius 2 is 2.16 bits per heavy atom. The highest BCUT2D eigenvalue weighted by atomic mass is 16.4. The van der Waals surface area contributed by atoms with Crippen LogP contribution in [0.25, 0.3) is 0 Å². The minimum Gasteiger partial charge on any atom is -0.444 e. The third kappa shape index (κ3) is 2.83. The van der Waals surface area contributed by atoms with Crippen molar-refractivity contribution in [1.29, 1.82) is 0 Å². The summed E-state index contributed by atoms with van der Waals surface area (Å²) in [6.45, 7) is 7.99. The highest BCUT2D eigenvalue weighted by molar-refractivity contribution is 5.31. The molecule has 0 unspecified atom stereocenters. The fourth-order valence-electron chi connectivity index (χ4n) is 1.73. The Balaban J connectivity index is 2.16. The van der Waals surface area contributed by atoms with Crippen LogP contribution in [0.15, 0.2) is 21.6 Å². The molecule has 0 atom stereocenters. The van der Waals surface area contributed by atoms with E-state index in [-0.39, 0.29) is 11.6 Å². The summed E-state index contributed by atoms with van der Waals surface area (Å²) in [6.07, 6.45) is 3.29. The van der Waals surface area contributed by atoms with Crippen molar-refractivity contribution in [3.8, 4) is 0 Å². The van der Waals surface area contributed by atoms with Gasteiger partial charge in [-0.2, -0.15) is 0 Å². The van der Waals surface area contributed by atoms with E-state index in [0.717, 1.165) is 11.5 Å². The normalized spacial score (nSPS) is 11.0. The molecule has 102 valence electrons. The van der Waals surface area contributed by atoms with Crippen molar-refractivity contribution in [3.63, 3.8) is 0 Å². The average Bonchev–Trinajstić information content (AvgIpc) is 2.67. The van der Waals surface area contributed by atoms with Crippen LogP contribution in [0.3, 0.4) is 0 Å². The molecule has 0 aliphatic rings. The van der Waals surface area contributed by atoms with Crippen molar-refractivity contribution >= 4 is 5.82 Å². The number of nitrogens with zero attached hydrogens (tertiary/aromatic N) is 3. The summed E-state index contributed by atoms with van der Waals surface area (Å²) in [5.74, 6) is 1.65. The van der Waals surface area contributed by atoms with Crippen LogP contribution in [0.5, 0.6) is 0 Å². The smallest absolute Gasteiger partial charge is 0.293 e. The molecule has 6 nitrogen and oxygen atoms in total. The molecule has 2 rings (SSSR count). The Hall–Kier alpha value is -2.11. The Bertz CT molecular complexity index is 608. The molecular formula is C13H18N4O2. The van der Waals surface area contributed by atoms with Crippen LogP contribution in [-0.4, -0.2) is 14.5 Å². The molecule has 2 aromatic heterocycles. The maximum absolute atomic E-state index is 12.1. The van der Waals surface area contributed by atoms with Gasteiger partial charge in [-0.15, -0.1) is 0 Å². The first-order chi connectivity index (χ1) is 8.99. The third-order valence-electron chi connectivity index (χ3n) is 2.90. The van der Waals surface area contributed by atoms with E-state index >= 15 is 0 Å². The molecule has 0 aromatic carbocycles.